The predicted octanol–water partition coefficient (Wildman–Crippen LogP) is 1.79. The first kappa shape index (κ1) is 12.0. The molecule has 0 aromatic rings. The molecule has 1 atom stereocenters. The van der Waals surface area contributed by atoms with Gasteiger partial charge < -0.3 is 4.90 Å². The molecule has 13 heavy (non-hydrogen) atoms. The van der Waals surface area contributed by atoms with Crippen LogP contribution in [0.5, 0.6) is 0 Å². The Balaban J connectivity index is 4.19. The van der Waals surface area contributed by atoms with Crippen LogP contribution in [-0.2, 0) is 4.79 Å². The monoisotopic (exact) mass is 182 g/mol. The molecular formula is C10H18N2O. The number of rotatable bonds is 5. The van der Waals surface area contributed by atoms with Gasteiger partial charge in [-0.2, -0.15) is 5.26 Å². The number of hydrogen-bond donors (Lipinski definition) is 0. The Morgan fingerprint density at radius 1 is 1.54 bits per heavy atom. The van der Waals surface area contributed by atoms with E-state index in [1.807, 2.05) is 26.8 Å². The molecule has 0 aliphatic heterocycles. The van der Waals surface area contributed by atoms with Crippen molar-refractivity contribution >= 4 is 5.91 Å². The molecule has 0 bridgehead atoms. The van der Waals surface area contributed by atoms with Gasteiger partial charge in [-0.15, -0.1) is 0 Å². The van der Waals surface area contributed by atoms with Gasteiger partial charge in [0.15, 0.2) is 0 Å². The Labute approximate surface area is 80.3 Å². The van der Waals surface area contributed by atoms with Crippen molar-refractivity contribution in [1.29, 1.82) is 5.26 Å². The summed E-state index contributed by atoms with van der Waals surface area (Å²) < 4.78 is 0. The molecule has 0 saturated carbocycles. The van der Waals surface area contributed by atoms with Gasteiger partial charge in [0.25, 0.3) is 0 Å². The SMILES string of the molecule is CCCN(CC#N)C(=O)C(C)CC. The highest BCUT2D eigenvalue weighted by atomic mass is 16.2. The zero-order valence-corrected chi connectivity index (χ0v) is 8.71. The standard InChI is InChI=1S/C10H18N2O/c1-4-7-12(8-6-11)10(13)9(3)5-2/h9H,4-5,7-8H2,1-3H3. The molecule has 0 fully saturated rings. The Kier molecular flexibility index (Phi) is 5.96. The van der Waals surface area contributed by atoms with Gasteiger partial charge in [-0.25, -0.2) is 0 Å². The van der Waals surface area contributed by atoms with Gasteiger partial charge in [-0.05, 0) is 12.8 Å². The van der Waals surface area contributed by atoms with Crippen molar-refractivity contribution < 1.29 is 4.79 Å². The van der Waals surface area contributed by atoms with Gasteiger partial charge in [0.2, 0.25) is 5.91 Å². The normalized spacial score (nSPS) is 11.8. The number of amides is 1. The maximum atomic E-state index is 11.6. The fraction of sp³-hybridized carbons (Fsp3) is 0.800. The number of carbonyl (C=O) groups is 1. The topological polar surface area (TPSA) is 44.1 Å². The van der Waals surface area contributed by atoms with Crippen LogP contribution in [0.25, 0.3) is 0 Å². The van der Waals surface area contributed by atoms with Gasteiger partial charge in [-0.3, -0.25) is 4.79 Å². The second kappa shape index (κ2) is 6.47. The Morgan fingerprint density at radius 3 is 2.54 bits per heavy atom. The van der Waals surface area contributed by atoms with Crippen molar-refractivity contribution in [2.75, 3.05) is 13.1 Å². The lowest BCUT2D eigenvalue weighted by molar-refractivity contribution is -0.134. The van der Waals surface area contributed by atoms with Crippen molar-refractivity contribution in [3.05, 3.63) is 0 Å². The van der Waals surface area contributed by atoms with Gasteiger partial charge in [0.05, 0.1) is 6.07 Å². The van der Waals surface area contributed by atoms with Crippen LogP contribution in [0.15, 0.2) is 0 Å². The molecule has 0 spiro atoms. The zero-order valence-electron chi connectivity index (χ0n) is 8.71. The second-order valence-electron chi connectivity index (χ2n) is 3.23. The quantitative estimate of drug-likeness (QED) is 0.608. The van der Waals surface area contributed by atoms with E-state index in [0.717, 1.165) is 12.8 Å². The summed E-state index contributed by atoms with van der Waals surface area (Å²) in [6.45, 7) is 6.81. The van der Waals surface area contributed by atoms with Crippen LogP contribution in [0, 0.1) is 17.2 Å². The molecule has 3 nitrogen and oxygen atoms in total. The lowest BCUT2D eigenvalue weighted by Crippen LogP contribution is -2.35. The summed E-state index contributed by atoms with van der Waals surface area (Å²) in [5.74, 6) is 0.144. The minimum atomic E-state index is 0.0416. The highest BCUT2D eigenvalue weighted by molar-refractivity contribution is 5.78. The Morgan fingerprint density at radius 2 is 2.15 bits per heavy atom. The highest BCUT2D eigenvalue weighted by Gasteiger charge is 2.17. The first-order valence-electron chi connectivity index (χ1n) is 4.83. The van der Waals surface area contributed by atoms with Crippen molar-refractivity contribution in [3.8, 4) is 6.07 Å². The van der Waals surface area contributed by atoms with Crippen LogP contribution in [0.4, 0.5) is 0 Å². The van der Waals surface area contributed by atoms with Crippen LogP contribution < -0.4 is 0 Å². The van der Waals surface area contributed by atoms with E-state index in [9.17, 15) is 4.79 Å². The predicted molar refractivity (Wildman–Crippen MR) is 51.9 cm³/mol. The van der Waals surface area contributed by atoms with Crippen molar-refractivity contribution in [2.45, 2.75) is 33.6 Å². The van der Waals surface area contributed by atoms with E-state index in [4.69, 9.17) is 5.26 Å². The molecule has 0 aliphatic rings. The van der Waals surface area contributed by atoms with Gasteiger partial charge in [0.1, 0.15) is 6.54 Å². The lowest BCUT2D eigenvalue weighted by atomic mass is 10.1. The largest absolute Gasteiger partial charge is 0.329 e. The molecule has 0 heterocycles. The van der Waals surface area contributed by atoms with Crippen LogP contribution >= 0.6 is 0 Å². The summed E-state index contributed by atoms with van der Waals surface area (Å²) in [5, 5.41) is 8.52. The molecule has 0 radical (unpaired) electrons. The third-order valence-electron chi connectivity index (χ3n) is 2.10. The van der Waals surface area contributed by atoms with Crippen LogP contribution in [0.2, 0.25) is 0 Å². The number of nitrogens with zero attached hydrogens (tertiary/aromatic N) is 2. The van der Waals surface area contributed by atoms with Crippen molar-refractivity contribution in [2.24, 2.45) is 5.92 Å². The molecule has 0 saturated heterocycles. The molecule has 0 rings (SSSR count). The number of nitriles is 1. The van der Waals surface area contributed by atoms with E-state index >= 15 is 0 Å². The Hall–Kier alpha value is -1.04. The summed E-state index contributed by atoms with van der Waals surface area (Å²) >= 11 is 0. The van der Waals surface area contributed by atoms with Gasteiger partial charge in [0, 0.05) is 12.5 Å². The third kappa shape index (κ3) is 3.93. The molecule has 3 heteroatoms. The Bertz CT molecular complexity index is 196. The zero-order chi connectivity index (χ0) is 10.3. The molecule has 0 aromatic heterocycles. The lowest BCUT2D eigenvalue weighted by Gasteiger charge is -2.21. The molecule has 1 amide bonds. The fourth-order valence-electron chi connectivity index (χ4n) is 1.11. The van der Waals surface area contributed by atoms with E-state index in [-0.39, 0.29) is 18.4 Å². The molecule has 1 unspecified atom stereocenters. The maximum Gasteiger partial charge on any atom is 0.226 e. The first-order valence-corrected chi connectivity index (χ1v) is 4.83. The van der Waals surface area contributed by atoms with E-state index < -0.39 is 0 Å². The number of hydrogen-bond acceptors (Lipinski definition) is 2. The molecular weight excluding hydrogens is 164 g/mol. The van der Waals surface area contributed by atoms with E-state index in [1.165, 1.54) is 0 Å². The highest BCUT2D eigenvalue weighted by Crippen LogP contribution is 2.06. The average molecular weight is 182 g/mol. The molecule has 0 aliphatic carbocycles. The molecule has 74 valence electrons. The van der Waals surface area contributed by atoms with Crippen LogP contribution in [-0.4, -0.2) is 23.9 Å². The van der Waals surface area contributed by atoms with E-state index in [0.29, 0.717) is 6.54 Å². The maximum absolute atomic E-state index is 11.6. The minimum Gasteiger partial charge on any atom is -0.329 e. The average Bonchev–Trinajstić information content (AvgIpc) is 2.15. The summed E-state index contributed by atoms with van der Waals surface area (Å²) in [7, 11) is 0. The summed E-state index contributed by atoms with van der Waals surface area (Å²) in [6, 6.07) is 2.02. The van der Waals surface area contributed by atoms with E-state index in [2.05, 4.69) is 0 Å². The smallest absolute Gasteiger partial charge is 0.226 e. The van der Waals surface area contributed by atoms with Crippen molar-refractivity contribution in [3.63, 3.8) is 0 Å². The van der Waals surface area contributed by atoms with Crippen LogP contribution in [0.3, 0.4) is 0 Å². The van der Waals surface area contributed by atoms with Crippen molar-refractivity contribution in [1.82, 2.24) is 4.90 Å². The molecule has 0 aromatic carbocycles. The minimum absolute atomic E-state index is 0.0416. The third-order valence-corrected chi connectivity index (χ3v) is 2.10. The summed E-state index contributed by atoms with van der Waals surface area (Å²) in [5.41, 5.74) is 0. The first-order chi connectivity index (χ1) is 6.17. The second-order valence-corrected chi connectivity index (χ2v) is 3.23. The summed E-state index contributed by atoms with van der Waals surface area (Å²) in [4.78, 5) is 13.3. The van der Waals surface area contributed by atoms with Crippen LogP contribution in [0.1, 0.15) is 33.6 Å². The molecule has 0 N–H and O–H groups in total. The summed E-state index contributed by atoms with van der Waals surface area (Å²) in [6.07, 6.45) is 1.74. The number of carbonyl (C=O) groups excluding carboxylic acids is 1. The van der Waals surface area contributed by atoms with E-state index in [1.54, 1.807) is 4.90 Å². The van der Waals surface area contributed by atoms with Gasteiger partial charge >= 0.3 is 0 Å². The van der Waals surface area contributed by atoms with Gasteiger partial charge in [-0.1, -0.05) is 20.8 Å². The fourth-order valence-corrected chi connectivity index (χ4v) is 1.11.